The average Bonchev–Trinajstić information content (AvgIpc) is 1.48. The molecule has 11 N–H and O–H groups in total. The molecule has 1 aliphatic carbocycles. The number of thioether (sulfide) groups is 1. The smallest absolute Gasteiger partial charge is 0.409 e. The maximum atomic E-state index is 14.4. The van der Waals surface area contributed by atoms with Crippen LogP contribution in [0.1, 0.15) is 65.9 Å². The number of allylic oxidation sites excluding steroid dienone is 3. The predicted octanol–water partition coefficient (Wildman–Crippen LogP) is -1.18. The van der Waals surface area contributed by atoms with Crippen molar-refractivity contribution in [2.24, 2.45) is 11.0 Å². The molecule has 19 atom stereocenters. The first kappa shape index (κ1) is 71.5. The Labute approximate surface area is 526 Å². The molecule has 19 unspecified atom stereocenters. The van der Waals surface area contributed by atoms with Gasteiger partial charge in [0.15, 0.2) is 12.0 Å². The fourth-order valence-corrected chi connectivity index (χ4v) is 12.9. The molecule has 5 aliphatic heterocycles. The van der Waals surface area contributed by atoms with Crippen molar-refractivity contribution in [1.29, 1.82) is 0 Å². The van der Waals surface area contributed by atoms with Crippen LogP contribution in [0.15, 0.2) is 41.0 Å². The second-order valence-corrected chi connectivity index (χ2v) is 24.8. The van der Waals surface area contributed by atoms with Gasteiger partial charge in [0.2, 0.25) is 23.6 Å². The van der Waals surface area contributed by atoms with Crippen molar-refractivity contribution in [2.75, 3.05) is 71.0 Å². The number of aliphatic hydroxyl groups is 7. The molecule has 0 radical (unpaired) electrons. The van der Waals surface area contributed by atoms with Crippen molar-refractivity contribution in [2.45, 2.75) is 174 Å². The summed E-state index contributed by atoms with van der Waals surface area (Å²) in [4.78, 5) is 97.7. The quantitative estimate of drug-likeness (QED) is 0.0162. The molecule has 1 saturated carbocycles. The lowest BCUT2D eigenvalue weighted by atomic mass is 9.83. The molecular weight excluding hydrogens is 1240 g/mol. The number of methoxy groups -OCH3 is 2. The highest BCUT2D eigenvalue weighted by Crippen LogP contribution is 2.61. The Morgan fingerprint density at radius 1 is 1.08 bits per heavy atom. The second kappa shape index (κ2) is 28.9. The summed E-state index contributed by atoms with van der Waals surface area (Å²) in [6.45, 7) is 5.47. The van der Waals surface area contributed by atoms with Gasteiger partial charge >= 0.3 is 18.0 Å². The molecule has 500 valence electrons. The third-order valence-corrected chi connectivity index (χ3v) is 18.6. The molecule has 5 fully saturated rings. The zero-order chi connectivity index (χ0) is 66.6. The number of carboxylic acid groups (broad SMARTS) is 1. The molecule has 0 aromatic heterocycles. The van der Waals surface area contributed by atoms with Gasteiger partial charge in [0.1, 0.15) is 82.4 Å². The number of carbonyl (C=O) groups excluding carboxylic acids is 6. The number of anilines is 1. The standard InChI is InChI=1S/C56H79ClN8O24S/c1-26-11-10-12-37(82-9)53(79)21-33(86-51(78)62-53)27(2)46-52(5,88-46)38(20-41(71)65(7)31-18-30(17-26)19-32(81-8)42(31)57)87-47(75)28(3)64(6)40(70)13-16-90-25-39(69)59-14-15-83-48-45(74)44(73)43(72)34(85-48)24-84-54(50(76)77)22-35(67)55(61-29(4)66)49(89-54)56(55,80)36(68)23-60-63-58/h10-12,18-19,27-28,33-38,43-46,48-49,67-68,72-74,79-80H,13-17,20-25H2,1-9H3,(H,59,69)(H,61,66)(H,62,78)(H,76,77)/b12-10+,26-11+. The zero-order valence-electron chi connectivity index (χ0n) is 50.9. The van der Waals surface area contributed by atoms with E-state index in [2.05, 4.69) is 26.0 Å². The summed E-state index contributed by atoms with van der Waals surface area (Å²) in [6.07, 6.45) is -16.1. The molecule has 1 aromatic carbocycles. The van der Waals surface area contributed by atoms with Gasteiger partial charge in [0, 0.05) is 70.5 Å². The molecule has 32 nitrogen and oxygen atoms in total. The third-order valence-electron chi connectivity index (χ3n) is 17.3. The SMILES string of the molecule is COc1cc2cc(c1Cl)N(C)C(=O)CC(OC(=O)C(C)N(C)C(=O)CCSCC(=O)NCCOC1OC(COC3(C(=O)O)CC(O)C4(NC(C)=O)C(O3)C4(O)C(O)CN=[N+]=[N-])C(O)C(O)C1O)C1(C)OC1C(C)C1CC(O)(NC(=O)O1)C(OC)/C=C/C=C(\C)C2. The van der Waals surface area contributed by atoms with E-state index in [1.54, 1.807) is 38.1 Å². The minimum Gasteiger partial charge on any atom is -0.495 e. The van der Waals surface area contributed by atoms with Crippen LogP contribution in [0.25, 0.3) is 10.4 Å². The number of aliphatic carboxylic acids is 1. The van der Waals surface area contributed by atoms with E-state index in [0.717, 1.165) is 34.7 Å². The number of fused-ring (bicyclic) bond motifs is 6. The zero-order valence-corrected chi connectivity index (χ0v) is 52.5. The molecule has 5 heterocycles. The molecular formula is C56H79ClN8O24S. The highest BCUT2D eigenvalue weighted by Gasteiger charge is 2.88. The average molecular weight is 1320 g/mol. The van der Waals surface area contributed by atoms with Gasteiger partial charge in [-0.2, -0.15) is 11.8 Å². The van der Waals surface area contributed by atoms with Crippen LogP contribution in [-0.4, -0.2) is 261 Å². The summed E-state index contributed by atoms with van der Waals surface area (Å²) in [7, 11) is 5.72. The van der Waals surface area contributed by atoms with Crippen LogP contribution in [0.4, 0.5) is 10.5 Å². The van der Waals surface area contributed by atoms with Crippen LogP contribution in [0.5, 0.6) is 5.75 Å². The summed E-state index contributed by atoms with van der Waals surface area (Å²) < 4.78 is 51.7. The Bertz CT molecular complexity index is 2980. The number of hydrogen-bond donors (Lipinski definition) is 11. The van der Waals surface area contributed by atoms with Crippen molar-refractivity contribution in [3.05, 3.63) is 57.0 Å². The highest BCUT2D eigenvalue weighted by molar-refractivity contribution is 7.99. The molecule has 7 rings (SSSR count). The van der Waals surface area contributed by atoms with Crippen molar-refractivity contribution in [1.82, 2.24) is 20.9 Å². The van der Waals surface area contributed by atoms with E-state index in [1.807, 2.05) is 13.0 Å². The van der Waals surface area contributed by atoms with E-state index in [1.165, 1.54) is 40.1 Å². The normalized spacial score (nSPS) is 36.5. The number of carbonyl (C=O) groups is 7. The maximum Gasteiger partial charge on any atom is 0.409 e. The monoisotopic (exact) mass is 1310 g/mol. The first-order valence-electron chi connectivity index (χ1n) is 28.7. The number of ether oxygens (including phenoxy) is 9. The van der Waals surface area contributed by atoms with Crippen LogP contribution in [0, 0.1) is 5.92 Å². The van der Waals surface area contributed by atoms with Crippen LogP contribution >= 0.6 is 23.4 Å². The summed E-state index contributed by atoms with van der Waals surface area (Å²) in [6, 6.07) is 2.26. The number of benzene rings is 1. The minimum absolute atomic E-state index is 0.113. The fourth-order valence-electron chi connectivity index (χ4n) is 11.8. The number of hydrogen-bond acceptors (Lipinski definition) is 25. The Morgan fingerprint density at radius 3 is 2.44 bits per heavy atom. The summed E-state index contributed by atoms with van der Waals surface area (Å²) in [5, 5.41) is 98.4. The number of carboxylic acids is 1. The first-order chi connectivity index (χ1) is 42.3. The van der Waals surface area contributed by atoms with Gasteiger partial charge in [0.05, 0.1) is 63.0 Å². The molecule has 5 amide bonds. The van der Waals surface area contributed by atoms with E-state index in [4.69, 9.17) is 59.8 Å². The summed E-state index contributed by atoms with van der Waals surface area (Å²) >= 11 is 7.89. The van der Waals surface area contributed by atoms with E-state index >= 15 is 0 Å². The third kappa shape index (κ3) is 14.8. The van der Waals surface area contributed by atoms with Crippen molar-refractivity contribution < 1.29 is 117 Å². The van der Waals surface area contributed by atoms with E-state index in [0.29, 0.717) is 17.9 Å². The van der Waals surface area contributed by atoms with Crippen LogP contribution in [0.3, 0.4) is 0 Å². The molecule has 1 aromatic rings. The predicted molar refractivity (Wildman–Crippen MR) is 312 cm³/mol. The minimum atomic E-state index is -2.83. The van der Waals surface area contributed by atoms with Gasteiger partial charge < -0.3 is 104 Å². The van der Waals surface area contributed by atoms with Crippen LogP contribution < -0.4 is 25.6 Å². The number of nitrogens with one attached hydrogen (secondary N) is 3. The first-order valence-corrected chi connectivity index (χ1v) is 30.3. The number of likely N-dealkylation sites (N-methyl/N-ethyl adjacent to an activating group) is 1. The Hall–Kier alpha value is -5.98. The lowest BCUT2D eigenvalue weighted by Gasteiger charge is -2.42. The van der Waals surface area contributed by atoms with Crippen LogP contribution in [0.2, 0.25) is 5.02 Å². The number of rotatable bonds is 22. The van der Waals surface area contributed by atoms with Gasteiger partial charge in [-0.1, -0.05) is 47.4 Å². The molecule has 6 aliphatic rings. The van der Waals surface area contributed by atoms with E-state index in [9.17, 15) is 74.4 Å². The topological polar surface area (TPSA) is 459 Å². The lowest BCUT2D eigenvalue weighted by molar-refractivity contribution is -0.325. The molecule has 4 saturated heterocycles. The van der Waals surface area contributed by atoms with Gasteiger partial charge in [-0.15, -0.1) is 0 Å². The van der Waals surface area contributed by atoms with Gasteiger partial charge in [-0.05, 0) is 50.4 Å². The number of amides is 5. The molecule has 90 heavy (non-hydrogen) atoms. The number of nitrogens with zero attached hydrogens (tertiary/aromatic N) is 5. The lowest BCUT2D eigenvalue weighted by Crippen LogP contribution is -2.63. The van der Waals surface area contributed by atoms with E-state index < -0.39 is 181 Å². The maximum absolute atomic E-state index is 14.4. The van der Waals surface area contributed by atoms with E-state index in [-0.39, 0.29) is 42.5 Å². The molecule has 34 heteroatoms. The fraction of sp³-hybridized carbons (Fsp3) is 0.696. The van der Waals surface area contributed by atoms with Gasteiger partial charge in [-0.25, -0.2) is 14.4 Å². The Kier molecular flexibility index (Phi) is 22.9. The second-order valence-electron chi connectivity index (χ2n) is 23.3. The number of epoxide rings is 1. The largest absolute Gasteiger partial charge is 0.495 e. The van der Waals surface area contributed by atoms with Crippen LogP contribution in [-0.2, 0) is 73.1 Å². The van der Waals surface area contributed by atoms with Crippen molar-refractivity contribution in [3.63, 3.8) is 0 Å². The van der Waals surface area contributed by atoms with Crippen molar-refractivity contribution in [3.8, 4) is 5.75 Å². The Morgan fingerprint density at radius 2 is 1.79 bits per heavy atom. The number of esters is 1. The summed E-state index contributed by atoms with van der Waals surface area (Å²) in [5.41, 5.74) is 2.59. The number of alkyl carbamates (subject to hydrolysis) is 1. The number of azide groups is 1. The number of halogens is 1. The highest BCUT2D eigenvalue weighted by atomic mass is 35.5. The van der Waals surface area contributed by atoms with Gasteiger partial charge in [0.25, 0.3) is 5.79 Å². The molecule has 4 bridgehead atoms. The Balaban J connectivity index is 0.913. The van der Waals surface area contributed by atoms with Crippen molar-refractivity contribution >= 4 is 70.7 Å². The molecule has 0 spiro atoms. The van der Waals surface area contributed by atoms with Gasteiger partial charge in [-0.3, -0.25) is 24.5 Å². The number of aliphatic hydroxyl groups excluding tert-OH is 5. The summed E-state index contributed by atoms with van der Waals surface area (Å²) in [5.74, 6) is -8.34.